The lowest BCUT2D eigenvalue weighted by Crippen LogP contribution is -2.57. The molecule has 2 aliphatic heterocycles. The van der Waals surface area contributed by atoms with Crippen LogP contribution in [0.25, 0.3) is 0 Å². The SMILES string of the molecule is CC(C)(COCc1ccccc1)C(=O)N1CCO[C@@]2(CCOC2)C1. The quantitative estimate of drug-likeness (QED) is 0.829. The van der Waals surface area contributed by atoms with E-state index in [1.807, 2.05) is 49.1 Å². The lowest BCUT2D eigenvalue weighted by molar-refractivity contribution is -0.161. The molecule has 2 fully saturated rings. The van der Waals surface area contributed by atoms with E-state index in [2.05, 4.69) is 0 Å². The number of hydrogen-bond donors (Lipinski definition) is 0. The van der Waals surface area contributed by atoms with Gasteiger partial charge in [-0.2, -0.15) is 0 Å². The summed E-state index contributed by atoms with van der Waals surface area (Å²) in [4.78, 5) is 14.9. The summed E-state index contributed by atoms with van der Waals surface area (Å²) in [6.45, 7) is 7.97. The van der Waals surface area contributed by atoms with Crippen LogP contribution in [-0.2, 0) is 25.6 Å². The molecule has 132 valence electrons. The molecule has 1 aromatic carbocycles. The standard InChI is InChI=1S/C19H27NO4/c1-18(2,14-23-12-16-6-4-3-5-7-16)17(21)20-9-11-24-19(13-20)8-10-22-15-19/h3-7H,8-15H2,1-2H3/t19-/m0/s1. The Bertz CT molecular complexity index is 552. The predicted molar refractivity (Wildman–Crippen MR) is 90.6 cm³/mol. The Labute approximate surface area is 143 Å². The van der Waals surface area contributed by atoms with E-state index in [1.165, 1.54) is 0 Å². The van der Waals surface area contributed by atoms with Gasteiger partial charge in [-0.15, -0.1) is 0 Å². The van der Waals surface area contributed by atoms with E-state index in [9.17, 15) is 4.79 Å². The summed E-state index contributed by atoms with van der Waals surface area (Å²) in [6, 6.07) is 10.0. The number of morpholine rings is 1. The average molecular weight is 333 g/mol. The molecule has 2 heterocycles. The molecule has 5 nitrogen and oxygen atoms in total. The largest absolute Gasteiger partial charge is 0.378 e. The summed E-state index contributed by atoms with van der Waals surface area (Å²) in [5, 5.41) is 0. The van der Waals surface area contributed by atoms with Crippen molar-refractivity contribution in [3.8, 4) is 0 Å². The first-order valence-electron chi connectivity index (χ1n) is 8.64. The highest BCUT2D eigenvalue weighted by atomic mass is 16.6. The first-order valence-corrected chi connectivity index (χ1v) is 8.64. The fraction of sp³-hybridized carbons (Fsp3) is 0.632. The maximum absolute atomic E-state index is 13.0. The van der Waals surface area contributed by atoms with Crippen LogP contribution in [0.5, 0.6) is 0 Å². The molecule has 0 aliphatic carbocycles. The Morgan fingerprint density at radius 3 is 2.79 bits per heavy atom. The van der Waals surface area contributed by atoms with Gasteiger partial charge in [0.25, 0.3) is 0 Å². The number of amides is 1. The monoisotopic (exact) mass is 333 g/mol. The number of rotatable bonds is 5. The molecule has 3 rings (SSSR count). The molecule has 1 aromatic rings. The average Bonchev–Trinajstić information content (AvgIpc) is 3.02. The lowest BCUT2D eigenvalue weighted by atomic mass is 9.91. The summed E-state index contributed by atoms with van der Waals surface area (Å²) >= 11 is 0. The molecule has 0 bridgehead atoms. The van der Waals surface area contributed by atoms with Crippen LogP contribution in [-0.4, -0.2) is 55.9 Å². The summed E-state index contributed by atoms with van der Waals surface area (Å²) < 4.78 is 17.2. The first-order chi connectivity index (χ1) is 11.5. The highest BCUT2D eigenvalue weighted by molar-refractivity contribution is 5.82. The molecule has 0 radical (unpaired) electrons. The highest BCUT2D eigenvalue weighted by Crippen LogP contribution is 2.30. The van der Waals surface area contributed by atoms with E-state index < -0.39 is 5.41 Å². The van der Waals surface area contributed by atoms with Crippen LogP contribution in [0.3, 0.4) is 0 Å². The molecule has 0 aromatic heterocycles. The van der Waals surface area contributed by atoms with Crippen LogP contribution in [0.1, 0.15) is 25.8 Å². The third-order valence-electron chi connectivity index (χ3n) is 4.76. The van der Waals surface area contributed by atoms with Crippen LogP contribution in [0.4, 0.5) is 0 Å². The second-order valence-electron chi connectivity index (χ2n) is 7.42. The second-order valence-corrected chi connectivity index (χ2v) is 7.42. The van der Waals surface area contributed by atoms with Gasteiger partial charge in [-0.25, -0.2) is 0 Å². The van der Waals surface area contributed by atoms with Gasteiger partial charge in [-0.3, -0.25) is 4.79 Å². The van der Waals surface area contributed by atoms with Crippen molar-refractivity contribution < 1.29 is 19.0 Å². The zero-order valence-corrected chi connectivity index (χ0v) is 14.6. The van der Waals surface area contributed by atoms with Gasteiger partial charge < -0.3 is 19.1 Å². The summed E-state index contributed by atoms with van der Waals surface area (Å²) in [7, 11) is 0. The van der Waals surface area contributed by atoms with E-state index in [0.29, 0.717) is 46.1 Å². The van der Waals surface area contributed by atoms with Crippen molar-refractivity contribution in [1.29, 1.82) is 0 Å². The summed E-state index contributed by atoms with van der Waals surface area (Å²) in [5.74, 6) is 0.130. The van der Waals surface area contributed by atoms with E-state index >= 15 is 0 Å². The topological polar surface area (TPSA) is 48.0 Å². The van der Waals surface area contributed by atoms with Crippen molar-refractivity contribution in [3.63, 3.8) is 0 Å². The van der Waals surface area contributed by atoms with E-state index in [4.69, 9.17) is 14.2 Å². The van der Waals surface area contributed by atoms with E-state index in [-0.39, 0.29) is 11.5 Å². The molecular weight excluding hydrogens is 306 g/mol. The van der Waals surface area contributed by atoms with Crippen molar-refractivity contribution in [1.82, 2.24) is 4.90 Å². The second kappa shape index (κ2) is 7.21. The molecule has 5 heteroatoms. The van der Waals surface area contributed by atoms with Crippen LogP contribution in [0, 0.1) is 5.41 Å². The normalized spacial score (nSPS) is 24.5. The fourth-order valence-electron chi connectivity index (χ4n) is 3.33. The zero-order chi connectivity index (χ0) is 17.0. The molecule has 0 unspecified atom stereocenters. The van der Waals surface area contributed by atoms with Crippen LogP contribution in [0.2, 0.25) is 0 Å². The van der Waals surface area contributed by atoms with Gasteiger partial charge in [-0.05, 0) is 19.4 Å². The molecule has 1 amide bonds. The van der Waals surface area contributed by atoms with Gasteiger partial charge in [0.1, 0.15) is 5.60 Å². The predicted octanol–water partition coefficient (Wildman–Crippen LogP) is 2.25. The minimum Gasteiger partial charge on any atom is -0.378 e. The fourth-order valence-corrected chi connectivity index (χ4v) is 3.33. The van der Waals surface area contributed by atoms with Gasteiger partial charge in [0.05, 0.1) is 38.4 Å². The van der Waals surface area contributed by atoms with E-state index in [0.717, 1.165) is 12.0 Å². The highest BCUT2D eigenvalue weighted by Gasteiger charge is 2.44. The Hall–Kier alpha value is -1.43. The summed E-state index contributed by atoms with van der Waals surface area (Å²) in [5.41, 5.74) is 0.274. The Kier molecular flexibility index (Phi) is 5.23. The molecule has 24 heavy (non-hydrogen) atoms. The Balaban J connectivity index is 1.54. The number of benzene rings is 1. The Morgan fingerprint density at radius 2 is 2.08 bits per heavy atom. The molecule has 2 saturated heterocycles. The number of nitrogens with zero attached hydrogens (tertiary/aromatic N) is 1. The van der Waals surface area contributed by atoms with Crippen molar-refractivity contribution in [2.45, 2.75) is 32.5 Å². The van der Waals surface area contributed by atoms with Crippen molar-refractivity contribution in [2.75, 3.05) is 39.5 Å². The van der Waals surface area contributed by atoms with Gasteiger partial charge >= 0.3 is 0 Å². The zero-order valence-electron chi connectivity index (χ0n) is 14.6. The third kappa shape index (κ3) is 3.97. The molecule has 0 saturated carbocycles. The van der Waals surface area contributed by atoms with Crippen molar-refractivity contribution >= 4 is 5.91 Å². The number of carbonyl (C=O) groups is 1. The van der Waals surface area contributed by atoms with Gasteiger partial charge in [0.2, 0.25) is 5.91 Å². The maximum atomic E-state index is 13.0. The van der Waals surface area contributed by atoms with Crippen LogP contribution in [0.15, 0.2) is 30.3 Å². The van der Waals surface area contributed by atoms with Gasteiger partial charge in [0, 0.05) is 19.6 Å². The number of carbonyl (C=O) groups excluding carboxylic acids is 1. The molecule has 1 spiro atoms. The third-order valence-corrected chi connectivity index (χ3v) is 4.76. The van der Waals surface area contributed by atoms with Gasteiger partial charge in [0.15, 0.2) is 0 Å². The Morgan fingerprint density at radius 1 is 1.29 bits per heavy atom. The number of ether oxygens (including phenoxy) is 3. The molecule has 0 N–H and O–H groups in total. The lowest BCUT2D eigenvalue weighted by Gasteiger charge is -2.42. The smallest absolute Gasteiger partial charge is 0.230 e. The number of hydrogen-bond acceptors (Lipinski definition) is 4. The minimum atomic E-state index is -0.549. The van der Waals surface area contributed by atoms with Gasteiger partial charge in [-0.1, -0.05) is 30.3 Å². The van der Waals surface area contributed by atoms with Crippen molar-refractivity contribution in [3.05, 3.63) is 35.9 Å². The maximum Gasteiger partial charge on any atom is 0.230 e. The minimum absolute atomic E-state index is 0.130. The van der Waals surface area contributed by atoms with Crippen LogP contribution < -0.4 is 0 Å². The summed E-state index contributed by atoms with van der Waals surface area (Å²) in [6.07, 6.45) is 0.863. The molecular formula is C19H27NO4. The first kappa shape index (κ1) is 17.4. The van der Waals surface area contributed by atoms with Crippen molar-refractivity contribution in [2.24, 2.45) is 5.41 Å². The van der Waals surface area contributed by atoms with Crippen LogP contribution >= 0.6 is 0 Å². The van der Waals surface area contributed by atoms with E-state index in [1.54, 1.807) is 0 Å². The molecule has 1 atom stereocenters. The molecule has 2 aliphatic rings.